The first-order valence-corrected chi connectivity index (χ1v) is 7.86. The Kier molecular flexibility index (Phi) is 3.46. The summed E-state index contributed by atoms with van der Waals surface area (Å²) in [5, 5.41) is 8.54. The Morgan fingerprint density at radius 1 is 1.17 bits per heavy atom. The number of fused-ring (bicyclic) bond motifs is 2. The number of aryl methyl sites for hydroxylation is 1. The first-order valence-electron chi connectivity index (χ1n) is 7.49. The molecule has 24 heavy (non-hydrogen) atoms. The summed E-state index contributed by atoms with van der Waals surface area (Å²) >= 11 is 5.94. The zero-order chi connectivity index (χ0) is 16.7. The van der Waals surface area contributed by atoms with Crippen molar-refractivity contribution >= 4 is 34.1 Å². The lowest BCUT2D eigenvalue weighted by Gasteiger charge is -2.07. The van der Waals surface area contributed by atoms with Crippen molar-refractivity contribution in [3.8, 4) is 0 Å². The van der Waals surface area contributed by atoms with Gasteiger partial charge in [0.2, 0.25) is 5.95 Å². The van der Waals surface area contributed by atoms with Gasteiger partial charge in [-0.1, -0.05) is 54.1 Å². The summed E-state index contributed by atoms with van der Waals surface area (Å²) in [6, 6.07) is 14.4. The number of hydrogen-bond donors (Lipinski definition) is 2. The van der Waals surface area contributed by atoms with E-state index in [4.69, 9.17) is 11.6 Å². The van der Waals surface area contributed by atoms with Crippen molar-refractivity contribution in [3.63, 3.8) is 0 Å². The summed E-state index contributed by atoms with van der Waals surface area (Å²) < 4.78 is 1.24. The number of anilines is 1. The molecule has 7 heteroatoms. The van der Waals surface area contributed by atoms with Crippen LogP contribution in [0.3, 0.4) is 0 Å². The predicted octanol–water partition coefficient (Wildman–Crippen LogP) is 3.14. The normalized spacial score (nSPS) is 11.2. The average molecular weight is 340 g/mol. The van der Waals surface area contributed by atoms with Gasteiger partial charge in [0.1, 0.15) is 5.02 Å². The zero-order valence-electron chi connectivity index (χ0n) is 12.9. The third-order valence-electron chi connectivity index (χ3n) is 3.93. The highest BCUT2D eigenvalue weighted by molar-refractivity contribution is 6.31. The third-order valence-corrected chi connectivity index (χ3v) is 4.37. The standard InChI is InChI=1S/C17H14ClN5O/c1-10-14(18)15(24)23-17(20-10)21-16(22-23)19-9-12-7-4-6-11-5-2-3-8-13(11)12/h2-8H,9H2,1H3,(H2,19,20,21,22). The summed E-state index contributed by atoms with van der Waals surface area (Å²) in [6.45, 7) is 2.25. The first kappa shape index (κ1) is 14.7. The van der Waals surface area contributed by atoms with Crippen LogP contribution in [0.25, 0.3) is 16.6 Å². The minimum absolute atomic E-state index is 0.0942. The van der Waals surface area contributed by atoms with E-state index in [-0.39, 0.29) is 10.6 Å². The van der Waals surface area contributed by atoms with Gasteiger partial charge in [0.15, 0.2) is 0 Å². The molecule has 0 atom stereocenters. The highest BCUT2D eigenvalue weighted by atomic mass is 35.5. The van der Waals surface area contributed by atoms with Crippen LogP contribution in [0, 0.1) is 6.92 Å². The SMILES string of the molecule is Cc1nc2nc(NCc3cccc4ccccc34)[nH]n2c(=O)c1Cl. The number of rotatable bonds is 3. The fraction of sp³-hybridized carbons (Fsp3) is 0.118. The first-order chi connectivity index (χ1) is 11.6. The fourth-order valence-corrected chi connectivity index (χ4v) is 2.83. The maximum absolute atomic E-state index is 12.1. The Labute approximate surface area is 142 Å². The fourth-order valence-electron chi connectivity index (χ4n) is 2.70. The Morgan fingerprint density at radius 3 is 2.83 bits per heavy atom. The number of H-pyrrole nitrogens is 1. The van der Waals surface area contributed by atoms with E-state index in [9.17, 15) is 4.79 Å². The highest BCUT2D eigenvalue weighted by Gasteiger charge is 2.11. The Bertz CT molecular complexity index is 1110. The molecule has 120 valence electrons. The van der Waals surface area contributed by atoms with Crippen molar-refractivity contribution in [2.24, 2.45) is 0 Å². The molecule has 0 aliphatic heterocycles. The zero-order valence-corrected chi connectivity index (χ0v) is 13.6. The van der Waals surface area contributed by atoms with Gasteiger partial charge in [-0.15, -0.1) is 0 Å². The summed E-state index contributed by atoms with van der Waals surface area (Å²) in [6.07, 6.45) is 0. The Hall–Kier alpha value is -2.86. The predicted molar refractivity (Wildman–Crippen MR) is 94.6 cm³/mol. The Morgan fingerprint density at radius 2 is 1.96 bits per heavy atom. The summed E-state index contributed by atoms with van der Waals surface area (Å²) in [7, 11) is 0. The number of benzene rings is 2. The van der Waals surface area contributed by atoms with Crippen molar-refractivity contribution in [2.75, 3.05) is 5.32 Å². The van der Waals surface area contributed by atoms with Crippen molar-refractivity contribution in [1.82, 2.24) is 19.6 Å². The summed E-state index contributed by atoms with van der Waals surface area (Å²) in [5.41, 5.74) is 1.25. The van der Waals surface area contributed by atoms with Crippen LogP contribution in [0.5, 0.6) is 0 Å². The molecule has 4 aromatic rings. The molecule has 0 unspecified atom stereocenters. The lowest BCUT2D eigenvalue weighted by molar-refractivity contribution is 0.887. The third kappa shape index (κ3) is 2.41. The van der Waals surface area contributed by atoms with E-state index in [1.54, 1.807) is 6.92 Å². The molecule has 2 aromatic carbocycles. The molecule has 6 nitrogen and oxygen atoms in total. The van der Waals surface area contributed by atoms with E-state index in [1.165, 1.54) is 15.3 Å². The van der Waals surface area contributed by atoms with E-state index in [2.05, 4.69) is 44.6 Å². The van der Waals surface area contributed by atoms with Crippen LogP contribution < -0.4 is 10.9 Å². The van der Waals surface area contributed by atoms with Gasteiger partial charge >= 0.3 is 0 Å². The van der Waals surface area contributed by atoms with Crippen LogP contribution in [0.2, 0.25) is 5.02 Å². The number of nitrogens with one attached hydrogen (secondary N) is 2. The maximum atomic E-state index is 12.1. The van der Waals surface area contributed by atoms with Gasteiger partial charge < -0.3 is 5.32 Å². The van der Waals surface area contributed by atoms with Crippen LogP contribution in [-0.4, -0.2) is 19.6 Å². The van der Waals surface area contributed by atoms with Gasteiger partial charge in [-0.3, -0.25) is 9.89 Å². The van der Waals surface area contributed by atoms with E-state index >= 15 is 0 Å². The molecule has 0 bridgehead atoms. The van der Waals surface area contributed by atoms with E-state index in [1.807, 2.05) is 18.2 Å². The average Bonchev–Trinajstić information content (AvgIpc) is 3.01. The molecule has 4 rings (SSSR count). The molecule has 0 amide bonds. The van der Waals surface area contributed by atoms with Crippen molar-refractivity contribution in [1.29, 1.82) is 0 Å². The molecule has 2 heterocycles. The minimum atomic E-state index is -0.357. The number of nitrogens with zero attached hydrogens (tertiary/aromatic N) is 3. The minimum Gasteiger partial charge on any atom is -0.350 e. The number of aromatic nitrogens is 4. The molecule has 0 spiro atoms. The van der Waals surface area contributed by atoms with E-state index in [0.717, 1.165) is 5.56 Å². The molecular weight excluding hydrogens is 326 g/mol. The number of aromatic amines is 1. The van der Waals surface area contributed by atoms with E-state index in [0.29, 0.717) is 24.0 Å². The van der Waals surface area contributed by atoms with Gasteiger partial charge in [-0.05, 0) is 23.3 Å². The quantitative estimate of drug-likeness (QED) is 0.601. The molecule has 2 N–H and O–H groups in total. The smallest absolute Gasteiger partial charge is 0.293 e. The Balaban J connectivity index is 1.67. The number of hydrogen-bond acceptors (Lipinski definition) is 4. The van der Waals surface area contributed by atoms with Crippen LogP contribution in [-0.2, 0) is 6.54 Å². The monoisotopic (exact) mass is 339 g/mol. The van der Waals surface area contributed by atoms with Crippen LogP contribution in [0.15, 0.2) is 47.3 Å². The van der Waals surface area contributed by atoms with Gasteiger partial charge in [-0.25, -0.2) is 4.98 Å². The molecule has 2 aromatic heterocycles. The lowest BCUT2D eigenvalue weighted by Crippen LogP contribution is -2.17. The summed E-state index contributed by atoms with van der Waals surface area (Å²) in [5.74, 6) is 0.761. The van der Waals surface area contributed by atoms with Gasteiger partial charge in [0.05, 0.1) is 5.69 Å². The van der Waals surface area contributed by atoms with Crippen molar-refractivity contribution < 1.29 is 0 Å². The van der Waals surface area contributed by atoms with Gasteiger partial charge in [0, 0.05) is 6.54 Å². The second-order valence-corrected chi connectivity index (χ2v) is 5.89. The second kappa shape index (κ2) is 5.65. The van der Waals surface area contributed by atoms with Crippen LogP contribution in [0.1, 0.15) is 11.3 Å². The topological polar surface area (TPSA) is 75.1 Å². The van der Waals surface area contributed by atoms with Crippen molar-refractivity contribution in [2.45, 2.75) is 13.5 Å². The molecule has 0 saturated carbocycles. The molecule has 0 saturated heterocycles. The van der Waals surface area contributed by atoms with Crippen molar-refractivity contribution in [3.05, 3.63) is 69.1 Å². The van der Waals surface area contributed by atoms with Crippen LogP contribution >= 0.6 is 11.6 Å². The highest BCUT2D eigenvalue weighted by Crippen LogP contribution is 2.19. The molecule has 0 fully saturated rings. The number of halogens is 1. The summed E-state index contributed by atoms with van der Waals surface area (Å²) in [4.78, 5) is 20.6. The van der Waals surface area contributed by atoms with Gasteiger partial charge in [-0.2, -0.15) is 9.50 Å². The molecule has 0 aliphatic rings. The second-order valence-electron chi connectivity index (χ2n) is 5.52. The van der Waals surface area contributed by atoms with Crippen LogP contribution in [0.4, 0.5) is 5.95 Å². The largest absolute Gasteiger partial charge is 0.350 e. The van der Waals surface area contributed by atoms with E-state index < -0.39 is 0 Å². The maximum Gasteiger partial charge on any atom is 0.293 e. The molecular formula is C17H14ClN5O. The molecule has 0 radical (unpaired) electrons. The lowest BCUT2D eigenvalue weighted by atomic mass is 10.0. The molecule has 0 aliphatic carbocycles. The van der Waals surface area contributed by atoms with Gasteiger partial charge in [0.25, 0.3) is 11.3 Å².